The van der Waals surface area contributed by atoms with E-state index < -0.39 is 0 Å². The molecule has 2 aromatic rings. The van der Waals surface area contributed by atoms with Crippen molar-refractivity contribution in [2.75, 3.05) is 25.5 Å². The lowest BCUT2D eigenvalue weighted by Gasteiger charge is -2.19. The van der Waals surface area contributed by atoms with Crippen LogP contribution in [0.5, 0.6) is 0 Å². The number of ether oxygens (including phenoxy) is 1. The van der Waals surface area contributed by atoms with Crippen LogP contribution < -0.4 is 5.32 Å². The zero-order valence-electron chi connectivity index (χ0n) is 14.5. The van der Waals surface area contributed by atoms with Crippen molar-refractivity contribution in [2.45, 2.75) is 18.8 Å². The molecule has 25 heavy (non-hydrogen) atoms. The van der Waals surface area contributed by atoms with E-state index in [0.717, 1.165) is 11.3 Å². The Labute approximate surface area is 153 Å². The topological polar surface area (TPSA) is 58.6 Å². The minimum absolute atomic E-state index is 0.00867. The molecule has 1 atom stereocenters. The number of amides is 1. The van der Waals surface area contributed by atoms with E-state index in [0.29, 0.717) is 12.3 Å². The second-order valence-electron chi connectivity index (χ2n) is 5.78. The predicted molar refractivity (Wildman–Crippen MR) is 103 cm³/mol. The first-order chi connectivity index (χ1) is 12.2. The molecule has 4 nitrogen and oxygen atoms in total. The van der Waals surface area contributed by atoms with E-state index in [1.54, 1.807) is 11.8 Å². The average Bonchev–Trinajstić information content (AvgIpc) is 2.64. The van der Waals surface area contributed by atoms with Crippen LogP contribution in [0.4, 0.5) is 0 Å². The van der Waals surface area contributed by atoms with Gasteiger partial charge in [-0.1, -0.05) is 60.2 Å². The lowest BCUT2D eigenvalue weighted by Crippen LogP contribution is -2.31. The van der Waals surface area contributed by atoms with Crippen molar-refractivity contribution in [3.8, 4) is 0 Å². The zero-order chi connectivity index (χ0) is 17.9. The molecule has 0 spiro atoms. The third-order valence-corrected chi connectivity index (χ3v) is 4.69. The number of aryl methyl sites for hydroxylation is 1. The molecule has 0 aliphatic heterocycles. The fraction of sp³-hybridized carbons (Fsp3) is 0.350. The van der Waals surface area contributed by atoms with Crippen molar-refractivity contribution in [1.82, 2.24) is 5.32 Å². The van der Waals surface area contributed by atoms with Crippen molar-refractivity contribution in [3.05, 3.63) is 71.3 Å². The van der Waals surface area contributed by atoms with E-state index >= 15 is 0 Å². The Morgan fingerprint density at radius 2 is 1.88 bits per heavy atom. The van der Waals surface area contributed by atoms with E-state index in [2.05, 4.69) is 17.4 Å². The summed E-state index contributed by atoms with van der Waals surface area (Å²) in [4.78, 5) is 12.1. The molecule has 2 aromatic carbocycles. The Hall–Kier alpha value is -1.82. The summed E-state index contributed by atoms with van der Waals surface area (Å²) in [5.41, 5.74) is 3.38. The highest BCUT2D eigenvalue weighted by Crippen LogP contribution is 2.17. The van der Waals surface area contributed by atoms with Gasteiger partial charge in [-0.2, -0.15) is 0 Å². The van der Waals surface area contributed by atoms with Crippen molar-refractivity contribution in [2.24, 2.45) is 0 Å². The van der Waals surface area contributed by atoms with Crippen LogP contribution in [0.1, 0.15) is 22.8 Å². The quantitative estimate of drug-likeness (QED) is 0.684. The van der Waals surface area contributed by atoms with Gasteiger partial charge in [-0.25, -0.2) is 0 Å². The summed E-state index contributed by atoms with van der Waals surface area (Å²) in [6.45, 7) is 2.63. The van der Waals surface area contributed by atoms with Gasteiger partial charge in [-0.15, -0.1) is 11.8 Å². The van der Waals surface area contributed by atoms with Crippen molar-refractivity contribution in [1.29, 1.82) is 0 Å². The minimum Gasteiger partial charge on any atom is -0.394 e. The number of rotatable bonds is 10. The Morgan fingerprint density at radius 1 is 1.16 bits per heavy atom. The van der Waals surface area contributed by atoms with Gasteiger partial charge in [0, 0.05) is 12.3 Å². The highest BCUT2D eigenvalue weighted by molar-refractivity contribution is 7.99. The van der Waals surface area contributed by atoms with Crippen molar-refractivity contribution < 1.29 is 14.6 Å². The van der Waals surface area contributed by atoms with Crippen LogP contribution in [0.25, 0.3) is 0 Å². The van der Waals surface area contributed by atoms with Crippen LogP contribution >= 0.6 is 11.8 Å². The van der Waals surface area contributed by atoms with Gasteiger partial charge in [0.05, 0.1) is 25.1 Å². The summed E-state index contributed by atoms with van der Waals surface area (Å²) in [6.07, 6.45) is -0.254. The number of carbonyl (C=O) groups excluding carboxylic acids is 1. The number of aliphatic hydroxyl groups is 1. The van der Waals surface area contributed by atoms with Gasteiger partial charge < -0.3 is 15.2 Å². The van der Waals surface area contributed by atoms with Gasteiger partial charge in [0.2, 0.25) is 5.91 Å². The maximum absolute atomic E-state index is 12.1. The first-order valence-electron chi connectivity index (χ1n) is 8.36. The number of aliphatic hydroxyl groups excluding tert-OH is 1. The molecule has 2 N–H and O–H groups in total. The van der Waals surface area contributed by atoms with Gasteiger partial charge >= 0.3 is 0 Å². The SMILES string of the molecule is Cc1ccc(C(CNC(=O)CSCc2ccccc2)OCCO)cc1. The number of thioether (sulfide) groups is 1. The summed E-state index contributed by atoms with van der Waals surface area (Å²) in [7, 11) is 0. The Bertz CT molecular complexity index is 631. The fourth-order valence-electron chi connectivity index (χ4n) is 2.34. The lowest BCUT2D eigenvalue weighted by atomic mass is 10.1. The molecule has 1 amide bonds. The Kier molecular flexibility index (Phi) is 8.52. The van der Waals surface area contributed by atoms with Crippen LogP contribution in [0.3, 0.4) is 0 Å². The van der Waals surface area contributed by atoms with Crippen LogP contribution in [0.15, 0.2) is 54.6 Å². The molecule has 0 heterocycles. The number of nitrogens with one attached hydrogen (secondary N) is 1. The van der Waals surface area contributed by atoms with Gasteiger partial charge in [-0.05, 0) is 18.1 Å². The molecule has 1 unspecified atom stereocenters. The zero-order valence-corrected chi connectivity index (χ0v) is 15.3. The summed E-state index contributed by atoms with van der Waals surface area (Å²) >= 11 is 1.59. The van der Waals surface area contributed by atoms with Crippen LogP contribution in [0.2, 0.25) is 0 Å². The van der Waals surface area contributed by atoms with E-state index in [9.17, 15) is 4.79 Å². The maximum Gasteiger partial charge on any atom is 0.230 e. The number of hydrogen-bond acceptors (Lipinski definition) is 4. The molecule has 0 aliphatic rings. The molecule has 134 valence electrons. The van der Waals surface area contributed by atoms with Gasteiger partial charge in [0.25, 0.3) is 0 Å². The Balaban J connectivity index is 1.78. The van der Waals surface area contributed by atoms with Crippen LogP contribution in [-0.4, -0.2) is 36.5 Å². The highest BCUT2D eigenvalue weighted by Gasteiger charge is 2.13. The second-order valence-corrected chi connectivity index (χ2v) is 6.76. The number of carbonyl (C=O) groups is 1. The third kappa shape index (κ3) is 7.30. The van der Waals surface area contributed by atoms with E-state index in [-0.39, 0.29) is 25.2 Å². The molecule has 0 saturated carbocycles. The van der Waals surface area contributed by atoms with Gasteiger partial charge in [0.1, 0.15) is 0 Å². The van der Waals surface area contributed by atoms with Crippen molar-refractivity contribution in [3.63, 3.8) is 0 Å². The molecule has 0 aromatic heterocycles. The molecule has 0 bridgehead atoms. The fourth-order valence-corrected chi connectivity index (χ4v) is 3.16. The van der Waals surface area contributed by atoms with E-state index in [4.69, 9.17) is 9.84 Å². The summed E-state index contributed by atoms with van der Waals surface area (Å²) in [5, 5.41) is 11.9. The molecule has 0 saturated heterocycles. The van der Waals surface area contributed by atoms with Gasteiger partial charge in [-0.3, -0.25) is 4.79 Å². The monoisotopic (exact) mass is 359 g/mol. The third-order valence-electron chi connectivity index (χ3n) is 3.69. The molecular weight excluding hydrogens is 334 g/mol. The Morgan fingerprint density at radius 3 is 2.56 bits per heavy atom. The average molecular weight is 359 g/mol. The smallest absolute Gasteiger partial charge is 0.230 e. The maximum atomic E-state index is 12.1. The van der Waals surface area contributed by atoms with Crippen molar-refractivity contribution >= 4 is 17.7 Å². The lowest BCUT2D eigenvalue weighted by molar-refractivity contribution is -0.119. The predicted octanol–water partition coefficient (Wildman–Crippen LogP) is 3.09. The number of hydrogen-bond donors (Lipinski definition) is 2. The molecule has 2 rings (SSSR count). The second kappa shape index (κ2) is 10.9. The van der Waals surface area contributed by atoms with Crippen LogP contribution in [0, 0.1) is 6.92 Å². The largest absolute Gasteiger partial charge is 0.394 e. The van der Waals surface area contributed by atoms with Crippen LogP contribution in [-0.2, 0) is 15.3 Å². The first kappa shape index (κ1) is 19.5. The summed E-state index contributed by atoms with van der Waals surface area (Å²) in [6, 6.07) is 18.1. The first-order valence-corrected chi connectivity index (χ1v) is 9.52. The minimum atomic E-state index is -0.254. The van der Waals surface area contributed by atoms with E-state index in [1.165, 1.54) is 11.1 Å². The molecule has 5 heteroatoms. The molecular formula is C20H25NO3S. The van der Waals surface area contributed by atoms with Gasteiger partial charge in [0.15, 0.2) is 0 Å². The summed E-state index contributed by atoms with van der Waals surface area (Å²) in [5.74, 6) is 1.22. The standard InChI is InChI=1S/C20H25NO3S/c1-16-7-9-18(10-8-16)19(24-12-11-22)13-21-20(23)15-25-14-17-5-3-2-4-6-17/h2-10,19,22H,11-15H2,1H3,(H,21,23). The normalized spacial score (nSPS) is 11.9. The summed E-state index contributed by atoms with van der Waals surface area (Å²) < 4.78 is 5.67. The molecule has 0 fully saturated rings. The highest BCUT2D eigenvalue weighted by atomic mass is 32.2. The number of benzene rings is 2. The van der Waals surface area contributed by atoms with E-state index in [1.807, 2.05) is 49.4 Å². The molecule has 0 aliphatic carbocycles. The molecule has 0 radical (unpaired) electrons.